The van der Waals surface area contributed by atoms with Gasteiger partial charge in [-0.2, -0.15) is 0 Å². The second-order valence-electron chi connectivity index (χ2n) is 7.30. The second-order valence-corrected chi connectivity index (χ2v) is 7.30. The normalized spacial score (nSPS) is 22.5. The molecule has 0 saturated carbocycles. The fraction of sp³-hybridized carbons (Fsp3) is 0.632. The van der Waals surface area contributed by atoms with Crippen molar-refractivity contribution in [3.8, 4) is 5.75 Å². The smallest absolute Gasteiger partial charge is 0.254 e. The van der Waals surface area contributed by atoms with Gasteiger partial charge in [0.25, 0.3) is 5.91 Å². The maximum atomic E-state index is 13.1. The molecule has 1 fully saturated rings. The Morgan fingerprint density at radius 2 is 2.17 bits per heavy atom. The molecule has 132 valence electrons. The minimum atomic E-state index is -0.166. The number of hydrogen-bond donors (Lipinski definition) is 0. The van der Waals surface area contributed by atoms with Gasteiger partial charge in [-0.15, -0.1) is 0 Å². The third kappa shape index (κ3) is 3.36. The van der Waals surface area contributed by atoms with E-state index in [-0.39, 0.29) is 17.6 Å². The van der Waals surface area contributed by atoms with Gasteiger partial charge < -0.3 is 19.3 Å². The molecule has 1 atom stereocenters. The van der Waals surface area contributed by atoms with E-state index in [1.54, 1.807) is 0 Å². The first-order valence-corrected chi connectivity index (χ1v) is 8.84. The fourth-order valence-electron chi connectivity index (χ4n) is 3.68. The zero-order chi connectivity index (χ0) is 17.3. The van der Waals surface area contributed by atoms with E-state index in [2.05, 4.69) is 18.7 Å². The van der Waals surface area contributed by atoms with E-state index in [0.29, 0.717) is 19.8 Å². The van der Waals surface area contributed by atoms with Gasteiger partial charge in [0.05, 0.1) is 17.8 Å². The maximum absolute atomic E-state index is 13.1. The minimum Gasteiger partial charge on any atom is -0.490 e. The number of likely N-dealkylation sites (N-methyl/N-ethyl adjacent to an activating group) is 1. The summed E-state index contributed by atoms with van der Waals surface area (Å²) in [7, 11) is 2.04. The molecule has 0 aromatic heterocycles. The number of hydrogen-bond acceptors (Lipinski definition) is 4. The van der Waals surface area contributed by atoms with E-state index >= 15 is 0 Å². The number of carbonyl (C=O) groups is 1. The van der Waals surface area contributed by atoms with Crippen LogP contribution in [-0.4, -0.2) is 55.8 Å². The van der Waals surface area contributed by atoms with Crippen LogP contribution in [0.4, 0.5) is 5.69 Å². The lowest BCUT2D eigenvalue weighted by atomic mass is 9.92. The van der Waals surface area contributed by atoms with Crippen molar-refractivity contribution in [3.63, 3.8) is 0 Å². The lowest BCUT2D eigenvalue weighted by molar-refractivity contribution is -0.0777. The molecule has 0 spiro atoms. The molecule has 1 saturated heterocycles. The van der Waals surface area contributed by atoms with Crippen LogP contribution < -0.4 is 9.64 Å². The Balaban J connectivity index is 1.83. The van der Waals surface area contributed by atoms with E-state index in [9.17, 15) is 4.79 Å². The van der Waals surface area contributed by atoms with Crippen LogP contribution in [0.25, 0.3) is 0 Å². The average Bonchev–Trinajstić information content (AvgIpc) is 2.55. The first kappa shape index (κ1) is 17.1. The monoisotopic (exact) mass is 332 g/mol. The lowest BCUT2D eigenvalue weighted by Gasteiger charge is -2.41. The average molecular weight is 332 g/mol. The summed E-state index contributed by atoms with van der Waals surface area (Å²) >= 11 is 0. The topological polar surface area (TPSA) is 42.0 Å². The van der Waals surface area contributed by atoms with Gasteiger partial charge in [0.1, 0.15) is 12.4 Å². The number of benzene rings is 1. The fourth-order valence-corrected chi connectivity index (χ4v) is 3.68. The third-order valence-electron chi connectivity index (χ3n) is 5.01. The summed E-state index contributed by atoms with van der Waals surface area (Å²) in [5.41, 5.74) is 1.56. The summed E-state index contributed by atoms with van der Waals surface area (Å²) in [6.07, 6.45) is 1.78. The van der Waals surface area contributed by atoms with Crippen molar-refractivity contribution in [2.75, 3.05) is 38.3 Å². The van der Waals surface area contributed by atoms with Gasteiger partial charge in [0.15, 0.2) is 0 Å². The molecule has 1 aromatic carbocycles. The molecule has 1 aromatic rings. The highest BCUT2D eigenvalue weighted by Gasteiger charge is 2.34. The lowest BCUT2D eigenvalue weighted by Crippen LogP contribution is -2.48. The van der Waals surface area contributed by atoms with Crippen LogP contribution in [0.3, 0.4) is 0 Å². The van der Waals surface area contributed by atoms with Gasteiger partial charge >= 0.3 is 0 Å². The zero-order valence-corrected chi connectivity index (χ0v) is 15.2. The predicted octanol–water partition coefficient (Wildman–Crippen LogP) is 2.93. The summed E-state index contributed by atoms with van der Waals surface area (Å²) < 4.78 is 11.5. The van der Waals surface area contributed by atoms with Crippen molar-refractivity contribution >= 4 is 11.6 Å². The van der Waals surface area contributed by atoms with Gasteiger partial charge in [0.2, 0.25) is 0 Å². The molecule has 0 radical (unpaired) electrons. The van der Waals surface area contributed by atoms with Crippen LogP contribution in [0.15, 0.2) is 18.2 Å². The zero-order valence-electron chi connectivity index (χ0n) is 15.2. The van der Waals surface area contributed by atoms with Crippen molar-refractivity contribution < 1.29 is 14.3 Å². The molecule has 0 bridgehead atoms. The Morgan fingerprint density at radius 1 is 1.38 bits per heavy atom. The van der Waals surface area contributed by atoms with Gasteiger partial charge in [-0.05, 0) is 51.8 Å². The number of fused-ring (bicyclic) bond motifs is 1. The van der Waals surface area contributed by atoms with E-state index in [1.807, 2.05) is 37.1 Å². The summed E-state index contributed by atoms with van der Waals surface area (Å²) in [4.78, 5) is 17.2. The van der Waals surface area contributed by atoms with Gasteiger partial charge in [-0.3, -0.25) is 4.79 Å². The number of anilines is 1. The Kier molecular flexibility index (Phi) is 4.72. The van der Waals surface area contributed by atoms with Crippen molar-refractivity contribution in [3.05, 3.63) is 23.8 Å². The molecule has 2 aliphatic rings. The molecule has 5 heteroatoms. The Labute approximate surface area is 144 Å². The summed E-state index contributed by atoms with van der Waals surface area (Å²) in [6.45, 7) is 9.20. The first-order valence-electron chi connectivity index (χ1n) is 8.84. The first-order chi connectivity index (χ1) is 11.4. The van der Waals surface area contributed by atoms with Crippen molar-refractivity contribution in [2.24, 2.45) is 0 Å². The standard InChI is InChI=1S/C19H28N2O3/c1-5-21(15-8-10-24-19(2,3)13-15)18(22)14-6-7-17-16(12-14)20(4)9-11-23-17/h6-7,12,15H,5,8-11,13H2,1-4H3. The molecule has 5 nitrogen and oxygen atoms in total. The molecule has 1 amide bonds. The summed E-state index contributed by atoms with van der Waals surface area (Å²) in [6, 6.07) is 5.99. The van der Waals surface area contributed by atoms with Crippen LogP contribution >= 0.6 is 0 Å². The minimum absolute atomic E-state index is 0.0990. The molecule has 24 heavy (non-hydrogen) atoms. The molecule has 2 heterocycles. The molecule has 3 rings (SSSR count). The van der Waals surface area contributed by atoms with E-state index in [1.165, 1.54) is 0 Å². The van der Waals surface area contributed by atoms with E-state index < -0.39 is 0 Å². The highest BCUT2D eigenvalue weighted by atomic mass is 16.5. The molecular weight excluding hydrogens is 304 g/mol. The highest BCUT2D eigenvalue weighted by Crippen LogP contribution is 2.33. The van der Waals surface area contributed by atoms with Crippen molar-refractivity contribution in [1.82, 2.24) is 4.90 Å². The molecular formula is C19H28N2O3. The highest BCUT2D eigenvalue weighted by molar-refractivity contribution is 5.96. The van der Waals surface area contributed by atoms with Crippen LogP contribution in [0.2, 0.25) is 0 Å². The van der Waals surface area contributed by atoms with Crippen LogP contribution in [-0.2, 0) is 4.74 Å². The van der Waals surface area contributed by atoms with E-state index in [0.717, 1.165) is 36.4 Å². The SMILES string of the molecule is CCN(C(=O)c1ccc2c(c1)N(C)CCO2)C1CCOC(C)(C)C1. The Morgan fingerprint density at radius 3 is 2.88 bits per heavy atom. The summed E-state index contributed by atoms with van der Waals surface area (Å²) in [5.74, 6) is 0.956. The maximum Gasteiger partial charge on any atom is 0.254 e. The predicted molar refractivity (Wildman–Crippen MR) is 95.0 cm³/mol. The number of carbonyl (C=O) groups excluding carboxylic acids is 1. The second kappa shape index (κ2) is 6.63. The Hall–Kier alpha value is -1.75. The van der Waals surface area contributed by atoms with Crippen molar-refractivity contribution in [2.45, 2.75) is 45.3 Å². The molecule has 2 aliphatic heterocycles. The Bertz CT molecular complexity index is 615. The number of nitrogens with zero attached hydrogens (tertiary/aromatic N) is 2. The molecule has 0 N–H and O–H groups in total. The molecule has 1 unspecified atom stereocenters. The summed E-state index contributed by atoms with van der Waals surface area (Å²) in [5, 5.41) is 0. The third-order valence-corrected chi connectivity index (χ3v) is 5.01. The van der Waals surface area contributed by atoms with Crippen molar-refractivity contribution in [1.29, 1.82) is 0 Å². The largest absolute Gasteiger partial charge is 0.490 e. The van der Waals surface area contributed by atoms with Crippen LogP contribution in [0.1, 0.15) is 44.0 Å². The number of ether oxygens (including phenoxy) is 2. The van der Waals surface area contributed by atoms with Gasteiger partial charge in [-0.25, -0.2) is 0 Å². The number of amides is 1. The molecule has 0 aliphatic carbocycles. The van der Waals surface area contributed by atoms with E-state index in [4.69, 9.17) is 9.47 Å². The van der Waals surface area contributed by atoms with Gasteiger partial charge in [-0.1, -0.05) is 0 Å². The number of rotatable bonds is 3. The van der Waals surface area contributed by atoms with Crippen LogP contribution in [0.5, 0.6) is 5.75 Å². The van der Waals surface area contributed by atoms with Gasteiger partial charge in [0, 0.05) is 31.8 Å². The quantitative estimate of drug-likeness (QED) is 0.853. The van der Waals surface area contributed by atoms with Crippen LogP contribution in [0, 0.1) is 0 Å².